The van der Waals surface area contributed by atoms with Crippen molar-refractivity contribution < 1.29 is 0 Å². The van der Waals surface area contributed by atoms with Crippen LogP contribution in [0, 0.1) is 0 Å². The maximum Gasteiger partial charge on any atom is 0.0141 e. The summed E-state index contributed by atoms with van der Waals surface area (Å²) in [6.45, 7) is 6.90. The number of rotatable bonds is 8. The van der Waals surface area contributed by atoms with Crippen LogP contribution in [0.15, 0.2) is 37.1 Å². The van der Waals surface area contributed by atoms with E-state index in [-0.39, 0.29) is 0 Å². The predicted molar refractivity (Wildman–Crippen MR) is 60.6 cm³/mol. The molecule has 0 radical (unpaired) electrons. The molecule has 0 aromatic carbocycles. The molecule has 1 heteroatoms. The van der Waals surface area contributed by atoms with E-state index in [9.17, 15) is 0 Å². The molecule has 0 saturated carbocycles. The van der Waals surface area contributed by atoms with Crippen LogP contribution in [0.3, 0.4) is 0 Å². The zero-order valence-electron chi connectivity index (χ0n) is 8.63. The van der Waals surface area contributed by atoms with Gasteiger partial charge in [0.25, 0.3) is 0 Å². The van der Waals surface area contributed by atoms with Crippen molar-refractivity contribution in [3.8, 4) is 0 Å². The number of hydrogen-bond acceptors (Lipinski definition) is 1. The summed E-state index contributed by atoms with van der Waals surface area (Å²) >= 11 is 0. The lowest BCUT2D eigenvalue weighted by molar-refractivity contribution is 0.646. The first kappa shape index (κ1) is 12.0. The molecule has 1 nitrogen and oxygen atoms in total. The van der Waals surface area contributed by atoms with Crippen LogP contribution < -0.4 is 5.32 Å². The van der Waals surface area contributed by atoms with Gasteiger partial charge in [-0.3, -0.25) is 0 Å². The molecule has 0 fully saturated rings. The summed E-state index contributed by atoms with van der Waals surface area (Å²) in [5.41, 5.74) is 0. The van der Waals surface area contributed by atoms with E-state index in [1.165, 1.54) is 25.7 Å². The van der Waals surface area contributed by atoms with E-state index in [1.54, 1.807) is 6.08 Å². The van der Waals surface area contributed by atoms with Crippen LogP contribution in [0.2, 0.25) is 0 Å². The zero-order valence-corrected chi connectivity index (χ0v) is 8.63. The summed E-state index contributed by atoms with van der Waals surface area (Å²) < 4.78 is 0. The molecule has 0 bridgehead atoms. The van der Waals surface area contributed by atoms with Crippen molar-refractivity contribution in [2.24, 2.45) is 0 Å². The fourth-order valence-corrected chi connectivity index (χ4v) is 1.00. The van der Waals surface area contributed by atoms with Crippen LogP contribution >= 0.6 is 0 Å². The van der Waals surface area contributed by atoms with E-state index in [4.69, 9.17) is 0 Å². The molecular weight excluding hydrogens is 158 g/mol. The van der Waals surface area contributed by atoms with Crippen LogP contribution in [-0.2, 0) is 0 Å². The normalized spacial score (nSPS) is 11.2. The topological polar surface area (TPSA) is 12.0 Å². The van der Waals surface area contributed by atoms with Gasteiger partial charge in [-0.15, -0.1) is 0 Å². The molecule has 0 amide bonds. The predicted octanol–water partition coefficient (Wildman–Crippen LogP) is 3.41. The van der Waals surface area contributed by atoms with Crippen molar-refractivity contribution in [1.29, 1.82) is 0 Å². The molecule has 0 rings (SSSR count). The summed E-state index contributed by atoms with van der Waals surface area (Å²) in [4.78, 5) is 0. The van der Waals surface area contributed by atoms with Gasteiger partial charge < -0.3 is 5.32 Å². The molecule has 0 atom stereocenters. The quantitative estimate of drug-likeness (QED) is 0.445. The second-order valence-corrected chi connectivity index (χ2v) is 2.99. The molecule has 0 unspecified atom stereocenters. The lowest BCUT2D eigenvalue weighted by atomic mass is 10.2. The van der Waals surface area contributed by atoms with Crippen LogP contribution in [0.4, 0.5) is 0 Å². The highest BCUT2D eigenvalue weighted by atomic mass is 14.8. The number of allylic oxidation sites excluding steroid dienone is 4. The summed E-state index contributed by atoms with van der Waals surface area (Å²) in [5, 5.41) is 3.24. The van der Waals surface area contributed by atoms with Crippen molar-refractivity contribution in [3.63, 3.8) is 0 Å². The average Bonchev–Trinajstić information content (AvgIpc) is 2.16. The average molecular weight is 179 g/mol. The van der Waals surface area contributed by atoms with Crippen molar-refractivity contribution in [2.45, 2.75) is 32.6 Å². The van der Waals surface area contributed by atoms with E-state index < -0.39 is 0 Å². The Morgan fingerprint density at radius 1 is 1.08 bits per heavy atom. The summed E-state index contributed by atoms with van der Waals surface area (Å²) in [6.07, 6.45) is 14.9. The summed E-state index contributed by atoms with van der Waals surface area (Å²) in [6, 6.07) is 0. The molecule has 0 aliphatic rings. The molecule has 0 aromatic heterocycles. The Bertz CT molecular complexity index is 157. The minimum Gasteiger partial charge on any atom is -0.391 e. The smallest absolute Gasteiger partial charge is 0.0141 e. The third kappa shape index (κ3) is 11.0. The largest absolute Gasteiger partial charge is 0.391 e. The maximum atomic E-state index is 3.59. The molecule has 13 heavy (non-hydrogen) atoms. The van der Waals surface area contributed by atoms with E-state index in [1.807, 2.05) is 24.4 Å². The minimum absolute atomic E-state index is 1.08. The van der Waals surface area contributed by atoms with Gasteiger partial charge in [0.1, 0.15) is 0 Å². The molecule has 0 aliphatic carbocycles. The Kier molecular flexibility index (Phi) is 10.2. The number of nitrogens with one attached hydrogen (secondary N) is 1. The summed E-state index contributed by atoms with van der Waals surface area (Å²) in [5.74, 6) is 0. The molecule has 0 aliphatic heterocycles. The van der Waals surface area contributed by atoms with Crippen LogP contribution in [-0.4, -0.2) is 6.54 Å². The second-order valence-electron chi connectivity index (χ2n) is 2.99. The Morgan fingerprint density at radius 3 is 2.62 bits per heavy atom. The highest BCUT2D eigenvalue weighted by Gasteiger charge is 1.83. The van der Waals surface area contributed by atoms with Gasteiger partial charge in [0.15, 0.2) is 0 Å². The van der Waals surface area contributed by atoms with Crippen LogP contribution in [0.1, 0.15) is 32.6 Å². The Hall–Kier alpha value is -0.980. The van der Waals surface area contributed by atoms with Crippen molar-refractivity contribution in [2.75, 3.05) is 6.54 Å². The van der Waals surface area contributed by atoms with E-state index in [0.29, 0.717) is 0 Å². The molecule has 1 N–H and O–H groups in total. The Balaban J connectivity index is 3.10. The monoisotopic (exact) mass is 179 g/mol. The zero-order chi connectivity index (χ0) is 9.78. The maximum absolute atomic E-state index is 3.59. The second kappa shape index (κ2) is 11.0. The van der Waals surface area contributed by atoms with Crippen LogP contribution in [0.5, 0.6) is 0 Å². The first-order valence-corrected chi connectivity index (χ1v) is 5.09. The Labute approximate surface area is 82.2 Å². The summed E-state index contributed by atoms with van der Waals surface area (Å²) in [7, 11) is 0. The lowest BCUT2D eigenvalue weighted by Gasteiger charge is -1.98. The van der Waals surface area contributed by atoms with Gasteiger partial charge in [0, 0.05) is 6.54 Å². The number of hydrogen-bond donors (Lipinski definition) is 1. The molecule has 0 spiro atoms. The van der Waals surface area contributed by atoms with Gasteiger partial charge in [0.2, 0.25) is 0 Å². The van der Waals surface area contributed by atoms with Gasteiger partial charge in [-0.2, -0.15) is 0 Å². The van der Waals surface area contributed by atoms with Gasteiger partial charge in [-0.1, -0.05) is 51.0 Å². The molecule has 0 aromatic rings. The highest BCUT2D eigenvalue weighted by Crippen LogP contribution is 1.96. The third-order valence-corrected chi connectivity index (χ3v) is 1.75. The van der Waals surface area contributed by atoms with Crippen molar-refractivity contribution >= 4 is 0 Å². The molecule has 74 valence electrons. The van der Waals surface area contributed by atoms with Gasteiger partial charge in [-0.05, 0) is 18.7 Å². The van der Waals surface area contributed by atoms with Gasteiger partial charge >= 0.3 is 0 Å². The number of unbranched alkanes of at least 4 members (excludes halogenated alkanes) is 3. The van der Waals surface area contributed by atoms with E-state index >= 15 is 0 Å². The van der Waals surface area contributed by atoms with E-state index in [2.05, 4.69) is 18.8 Å². The molecule has 0 heterocycles. The third-order valence-electron chi connectivity index (χ3n) is 1.75. The lowest BCUT2D eigenvalue weighted by Crippen LogP contribution is -2.05. The first-order chi connectivity index (χ1) is 6.41. The SMILES string of the molecule is C=C/C=C\C=C/NCCCCCC. The van der Waals surface area contributed by atoms with Crippen molar-refractivity contribution in [1.82, 2.24) is 5.32 Å². The van der Waals surface area contributed by atoms with Crippen molar-refractivity contribution in [3.05, 3.63) is 37.1 Å². The first-order valence-electron chi connectivity index (χ1n) is 5.09. The molecular formula is C12H21N. The fraction of sp³-hybridized carbons (Fsp3) is 0.500. The highest BCUT2D eigenvalue weighted by molar-refractivity contribution is 5.08. The van der Waals surface area contributed by atoms with Crippen LogP contribution in [0.25, 0.3) is 0 Å². The van der Waals surface area contributed by atoms with Gasteiger partial charge in [0.05, 0.1) is 0 Å². The fourth-order valence-electron chi connectivity index (χ4n) is 1.00. The molecule has 0 saturated heterocycles. The minimum atomic E-state index is 1.08. The van der Waals surface area contributed by atoms with Gasteiger partial charge in [-0.25, -0.2) is 0 Å². The van der Waals surface area contributed by atoms with E-state index in [0.717, 1.165) is 6.54 Å². The Morgan fingerprint density at radius 2 is 1.92 bits per heavy atom. The standard InChI is InChI=1S/C12H21N/c1-3-5-7-9-11-13-12-10-8-6-4-2/h3,5,7,9,11,13H,1,4,6,8,10,12H2,2H3/b7-5-,11-9-.